The number of nitrogens with zero attached hydrogens (tertiary/aromatic N) is 3. The van der Waals surface area contributed by atoms with Crippen molar-refractivity contribution in [1.82, 2.24) is 15.0 Å². The van der Waals surface area contributed by atoms with Gasteiger partial charge in [0.05, 0.1) is 30.2 Å². The average Bonchev–Trinajstić information content (AvgIpc) is 3.28. The maximum atomic E-state index is 13.8. The molecule has 2 N–H and O–H groups in total. The summed E-state index contributed by atoms with van der Waals surface area (Å²) in [5, 5.41) is 14.9. The molecule has 0 fully saturated rings. The fraction of sp³-hybridized carbons (Fsp3) is 0.231. The Balaban J connectivity index is 1.40. The number of nitrogens with one attached hydrogen (secondary N) is 1. The summed E-state index contributed by atoms with van der Waals surface area (Å²) in [5.41, 5.74) is 4.87. The molecule has 1 aliphatic carbocycles. The standard InChI is InChI=1S/C26H23BrN4O4S2/c1-35-20-12-15(6-11-19(20)32)13-28-30-22(33)14-36-26-29-24-23(18-4-2-3-5-21(18)37-24)25(34)31(26)17-9-7-16(27)8-10-17/h6-13,32H,2-5,14H2,1H3,(H,30,33). The molecule has 0 aliphatic heterocycles. The molecule has 11 heteroatoms. The van der Waals surface area contributed by atoms with Crippen molar-refractivity contribution in [3.63, 3.8) is 0 Å². The summed E-state index contributed by atoms with van der Waals surface area (Å²) in [6, 6.07) is 12.2. The molecule has 0 atom stereocenters. The number of carbonyl (C=O) groups is 1. The first kappa shape index (κ1) is 25.5. The highest BCUT2D eigenvalue weighted by molar-refractivity contribution is 9.10. The molecule has 1 amide bonds. The fourth-order valence-corrected chi connectivity index (χ4v) is 6.59. The van der Waals surface area contributed by atoms with Gasteiger partial charge in [-0.1, -0.05) is 27.7 Å². The average molecular weight is 600 g/mol. The second-order valence-electron chi connectivity index (χ2n) is 8.42. The number of phenols is 1. The highest BCUT2D eigenvalue weighted by Crippen LogP contribution is 2.35. The van der Waals surface area contributed by atoms with Crippen molar-refractivity contribution in [1.29, 1.82) is 0 Å². The van der Waals surface area contributed by atoms with E-state index in [0.717, 1.165) is 40.5 Å². The Morgan fingerprint density at radius 2 is 2.05 bits per heavy atom. The molecular formula is C26H23BrN4O4S2. The third-order valence-corrected chi connectivity index (χ3v) is 8.63. The second kappa shape index (κ2) is 11.1. The topological polar surface area (TPSA) is 106 Å². The molecule has 0 saturated heterocycles. The van der Waals surface area contributed by atoms with Gasteiger partial charge in [0.2, 0.25) is 0 Å². The summed E-state index contributed by atoms with van der Waals surface area (Å²) in [6.07, 6.45) is 5.53. The monoisotopic (exact) mass is 598 g/mol. The lowest BCUT2D eigenvalue weighted by Crippen LogP contribution is -2.24. The van der Waals surface area contributed by atoms with Crippen LogP contribution >= 0.6 is 39.0 Å². The first-order valence-corrected chi connectivity index (χ1v) is 14.2. The number of hydrazone groups is 1. The van der Waals surface area contributed by atoms with Crippen LogP contribution in [0.3, 0.4) is 0 Å². The predicted molar refractivity (Wildman–Crippen MR) is 151 cm³/mol. The van der Waals surface area contributed by atoms with Crippen LogP contribution in [0.15, 0.2) is 62.0 Å². The van der Waals surface area contributed by atoms with Gasteiger partial charge in [-0.3, -0.25) is 14.2 Å². The highest BCUT2D eigenvalue weighted by Gasteiger charge is 2.23. The van der Waals surface area contributed by atoms with E-state index in [1.807, 2.05) is 24.3 Å². The van der Waals surface area contributed by atoms with Gasteiger partial charge in [-0.05, 0) is 79.3 Å². The van der Waals surface area contributed by atoms with Crippen LogP contribution in [0.2, 0.25) is 0 Å². The van der Waals surface area contributed by atoms with Crippen LogP contribution in [-0.4, -0.2) is 39.6 Å². The molecule has 0 bridgehead atoms. The molecule has 0 spiro atoms. The van der Waals surface area contributed by atoms with Crippen LogP contribution < -0.4 is 15.7 Å². The number of hydrogen-bond acceptors (Lipinski definition) is 8. The van der Waals surface area contributed by atoms with Crippen LogP contribution in [-0.2, 0) is 17.6 Å². The van der Waals surface area contributed by atoms with Crippen LogP contribution in [0.4, 0.5) is 0 Å². The van der Waals surface area contributed by atoms with Crippen molar-refractivity contribution in [3.8, 4) is 17.2 Å². The molecule has 5 rings (SSSR count). The lowest BCUT2D eigenvalue weighted by Gasteiger charge is -2.13. The molecule has 190 valence electrons. The van der Waals surface area contributed by atoms with Gasteiger partial charge in [0.1, 0.15) is 4.83 Å². The molecule has 8 nitrogen and oxygen atoms in total. The van der Waals surface area contributed by atoms with Crippen molar-refractivity contribution < 1.29 is 14.6 Å². The smallest absolute Gasteiger partial charge is 0.267 e. The van der Waals surface area contributed by atoms with E-state index in [0.29, 0.717) is 27.5 Å². The molecule has 1 aliphatic rings. The van der Waals surface area contributed by atoms with Crippen molar-refractivity contribution >= 4 is 61.4 Å². The first-order chi connectivity index (χ1) is 17.9. The Morgan fingerprint density at radius 1 is 1.27 bits per heavy atom. The largest absolute Gasteiger partial charge is 0.504 e. The zero-order chi connectivity index (χ0) is 25.9. The number of ether oxygens (including phenoxy) is 1. The maximum Gasteiger partial charge on any atom is 0.267 e. The molecule has 0 unspecified atom stereocenters. The zero-order valence-electron chi connectivity index (χ0n) is 19.9. The van der Waals surface area contributed by atoms with Gasteiger partial charge in [-0.15, -0.1) is 11.3 Å². The Hall–Kier alpha value is -3.15. The molecule has 37 heavy (non-hydrogen) atoms. The van der Waals surface area contributed by atoms with E-state index in [-0.39, 0.29) is 23.0 Å². The molecule has 0 radical (unpaired) electrons. The normalized spacial score (nSPS) is 13.1. The zero-order valence-corrected chi connectivity index (χ0v) is 23.1. The van der Waals surface area contributed by atoms with Gasteiger partial charge in [0.25, 0.3) is 11.5 Å². The van der Waals surface area contributed by atoms with Gasteiger partial charge in [-0.25, -0.2) is 10.4 Å². The van der Waals surface area contributed by atoms with Crippen molar-refractivity contribution in [2.75, 3.05) is 12.9 Å². The van der Waals surface area contributed by atoms with Crippen LogP contribution in [0.25, 0.3) is 15.9 Å². The lowest BCUT2D eigenvalue weighted by atomic mass is 9.97. The minimum atomic E-state index is -0.339. The summed E-state index contributed by atoms with van der Waals surface area (Å²) in [7, 11) is 1.46. The molecule has 0 saturated carbocycles. The molecular weight excluding hydrogens is 576 g/mol. The SMILES string of the molecule is COc1cc(C=NNC(=O)CSc2nc3sc4c(c3c(=O)n2-c2ccc(Br)cc2)CCCC4)ccc1O. The van der Waals surface area contributed by atoms with Gasteiger partial charge in [-0.2, -0.15) is 5.10 Å². The van der Waals surface area contributed by atoms with Crippen LogP contribution in [0.1, 0.15) is 28.8 Å². The van der Waals surface area contributed by atoms with Crippen LogP contribution in [0, 0.1) is 0 Å². The Morgan fingerprint density at radius 3 is 2.84 bits per heavy atom. The first-order valence-electron chi connectivity index (χ1n) is 11.6. The molecule has 2 heterocycles. The fourth-order valence-electron chi connectivity index (χ4n) is 4.22. The van der Waals surface area contributed by atoms with Crippen molar-refractivity contribution in [2.24, 2.45) is 5.10 Å². The van der Waals surface area contributed by atoms with Gasteiger partial charge in [0.15, 0.2) is 16.7 Å². The number of rotatable bonds is 7. The minimum absolute atomic E-state index is 0.0213. The molecule has 2 aromatic heterocycles. The number of aromatic hydroxyl groups is 1. The van der Waals surface area contributed by atoms with Crippen molar-refractivity contribution in [2.45, 2.75) is 30.8 Å². The number of carbonyl (C=O) groups excluding carboxylic acids is 1. The number of thiophene rings is 1. The number of phenolic OH excluding ortho intramolecular Hbond substituents is 1. The maximum absolute atomic E-state index is 13.8. The Labute approximate surface area is 229 Å². The quantitative estimate of drug-likeness (QED) is 0.133. The summed E-state index contributed by atoms with van der Waals surface area (Å²) in [5.74, 6) is 0.0195. The molecule has 4 aromatic rings. The number of fused-ring (bicyclic) bond motifs is 3. The number of thioether (sulfide) groups is 1. The van der Waals surface area contributed by atoms with E-state index >= 15 is 0 Å². The summed E-state index contributed by atoms with van der Waals surface area (Å²) >= 11 is 6.23. The second-order valence-corrected chi connectivity index (χ2v) is 11.4. The molecule has 2 aromatic carbocycles. The number of halogens is 1. The highest BCUT2D eigenvalue weighted by atomic mass is 79.9. The van der Waals surface area contributed by atoms with Gasteiger partial charge >= 0.3 is 0 Å². The summed E-state index contributed by atoms with van der Waals surface area (Å²) in [4.78, 5) is 33.1. The minimum Gasteiger partial charge on any atom is -0.504 e. The number of methoxy groups -OCH3 is 1. The number of benzene rings is 2. The van der Waals surface area contributed by atoms with E-state index in [9.17, 15) is 14.7 Å². The van der Waals surface area contributed by atoms with E-state index in [2.05, 4.69) is 26.5 Å². The van der Waals surface area contributed by atoms with Crippen LogP contribution in [0.5, 0.6) is 11.5 Å². The lowest BCUT2D eigenvalue weighted by molar-refractivity contribution is -0.118. The number of hydrogen-bond donors (Lipinski definition) is 2. The predicted octanol–water partition coefficient (Wildman–Crippen LogP) is 5.05. The van der Waals surface area contributed by atoms with Gasteiger partial charge < -0.3 is 9.84 Å². The third kappa shape index (κ3) is 5.43. The van der Waals surface area contributed by atoms with Crippen molar-refractivity contribution in [3.05, 3.63) is 73.3 Å². The summed E-state index contributed by atoms with van der Waals surface area (Å²) in [6.45, 7) is 0. The number of aromatic nitrogens is 2. The number of amides is 1. The number of aryl methyl sites for hydroxylation is 2. The van der Waals surface area contributed by atoms with E-state index in [1.54, 1.807) is 28.0 Å². The Kier molecular flexibility index (Phi) is 7.63. The summed E-state index contributed by atoms with van der Waals surface area (Å²) < 4.78 is 7.59. The van der Waals surface area contributed by atoms with Gasteiger partial charge in [0, 0.05) is 9.35 Å². The van der Waals surface area contributed by atoms with E-state index < -0.39 is 0 Å². The Bertz CT molecular complexity index is 1560. The third-order valence-electron chi connectivity index (χ3n) is 5.98. The van der Waals surface area contributed by atoms with E-state index in [4.69, 9.17) is 9.72 Å². The van der Waals surface area contributed by atoms with E-state index in [1.165, 1.54) is 36.0 Å².